The van der Waals surface area contributed by atoms with Crippen LogP contribution >= 0.6 is 0 Å². The van der Waals surface area contributed by atoms with Gasteiger partial charge in [-0.2, -0.15) is 4.98 Å². The first kappa shape index (κ1) is 18.9. The zero-order chi connectivity index (χ0) is 19.3. The van der Waals surface area contributed by atoms with Gasteiger partial charge in [0.1, 0.15) is 0 Å². The topological polar surface area (TPSA) is 69.8 Å². The van der Waals surface area contributed by atoms with E-state index in [1.54, 1.807) is 6.92 Å². The van der Waals surface area contributed by atoms with Crippen molar-refractivity contribution in [2.75, 3.05) is 26.7 Å². The number of aromatic nitrogens is 2. The van der Waals surface area contributed by atoms with Gasteiger partial charge >= 0.3 is 0 Å². The van der Waals surface area contributed by atoms with Crippen LogP contribution in [-0.4, -0.2) is 58.6 Å². The molecule has 1 N–H and O–H groups in total. The predicted octanol–water partition coefficient (Wildman–Crippen LogP) is 2.44. The summed E-state index contributed by atoms with van der Waals surface area (Å²) in [5, 5.41) is 7.35. The standard InChI is InChI=1S/C21H30N6O/c1-16-24-20(25-28-16)13-23-21(22-2)27-12-10-19-18(15-27)9-6-11-26(19)14-17-7-4-3-5-8-17/h3-5,7-8,18-19H,6,9-15H2,1-2H3,(H,22,23). The van der Waals surface area contributed by atoms with Gasteiger partial charge in [-0.3, -0.25) is 9.89 Å². The summed E-state index contributed by atoms with van der Waals surface area (Å²) in [6.07, 6.45) is 3.75. The van der Waals surface area contributed by atoms with E-state index in [2.05, 4.69) is 60.6 Å². The number of hydrogen-bond acceptors (Lipinski definition) is 5. The fraction of sp³-hybridized carbons (Fsp3) is 0.571. The van der Waals surface area contributed by atoms with E-state index in [-0.39, 0.29) is 0 Å². The molecule has 7 nitrogen and oxygen atoms in total. The first-order chi connectivity index (χ1) is 13.7. The Hall–Kier alpha value is -2.41. The monoisotopic (exact) mass is 382 g/mol. The highest BCUT2D eigenvalue weighted by Gasteiger charge is 2.36. The molecule has 1 aromatic carbocycles. The zero-order valence-electron chi connectivity index (χ0n) is 16.8. The fourth-order valence-electron chi connectivity index (χ4n) is 4.62. The van der Waals surface area contributed by atoms with Crippen molar-refractivity contribution < 1.29 is 4.52 Å². The quantitative estimate of drug-likeness (QED) is 0.647. The van der Waals surface area contributed by atoms with Gasteiger partial charge in [0, 0.05) is 39.6 Å². The van der Waals surface area contributed by atoms with E-state index >= 15 is 0 Å². The van der Waals surface area contributed by atoms with E-state index in [1.807, 2.05) is 7.05 Å². The van der Waals surface area contributed by atoms with Crippen LogP contribution in [-0.2, 0) is 13.1 Å². The van der Waals surface area contributed by atoms with Crippen LogP contribution in [0.25, 0.3) is 0 Å². The first-order valence-corrected chi connectivity index (χ1v) is 10.3. The van der Waals surface area contributed by atoms with Crippen molar-refractivity contribution in [3.8, 4) is 0 Å². The molecule has 28 heavy (non-hydrogen) atoms. The summed E-state index contributed by atoms with van der Waals surface area (Å²) in [5.41, 5.74) is 1.42. The van der Waals surface area contributed by atoms with Crippen LogP contribution in [0.5, 0.6) is 0 Å². The van der Waals surface area contributed by atoms with E-state index in [0.29, 0.717) is 30.2 Å². The first-order valence-electron chi connectivity index (χ1n) is 10.3. The van der Waals surface area contributed by atoms with Gasteiger partial charge in [0.25, 0.3) is 0 Å². The predicted molar refractivity (Wildman–Crippen MR) is 109 cm³/mol. The summed E-state index contributed by atoms with van der Waals surface area (Å²) in [6, 6.07) is 11.5. The van der Waals surface area contributed by atoms with Crippen LogP contribution in [0.4, 0.5) is 0 Å². The largest absolute Gasteiger partial charge is 0.349 e. The summed E-state index contributed by atoms with van der Waals surface area (Å²) in [5.74, 6) is 2.88. The number of aliphatic imine (C=N–C) groups is 1. The summed E-state index contributed by atoms with van der Waals surface area (Å²) < 4.78 is 5.05. The number of fused-ring (bicyclic) bond motifs is 1. The highest BCUT2D eigenvalue weighted by atomic mass is 16.5. The van der Waals surface area contributed by atoms with Crippen LogP contribution in [0, 0.1) is 12.8 Å². The second kappa shape index (κ2) is 8.73. The highest BCUT2D eigenvalue weighted by Crippen LogP contribution is 2.31. The van der Waals surface area contributed by atoms with Crippen molar-refractivity contribution in [3.05, 3.63) is 47.6 Å². The minimum atomic E-state index is 0.536. The van der Waals surface area contributed by atoms with Gasteiger partial charge in [0.05, 0.1) is 6.54 Å². The minimum Gasteiger partial charge on any atom is -0.349 e. The van der Waals surface area contributed by atoms with E-state index in [9.17, 15) is 0 Å². The lowest BCUT2D eigenvalue weighted by molar-refractivity contribution is 0.0372. The van der Waals surface area contributed by atoms with Crippen LogP contribution in [0.2, 0.25) is 0 Å². The molecule has 0 bridgehead atoms. The van der Waals surface area contributed by atoms with Gasteiger partial charge in [0.2, 0.25) is 5.89 Å². The number of nitrogens with one attached hydrogen (secondary N) is 1. The number of piperidine rings is 2. The molecule has 2 aliphatic rings. The molecular weight excluding hydrogens is 352 g/mol. The number of rotatable bonds is 4. The molecule has 2 saturated heterocycles. The second-order valence-corrected chi connectivity index (χ2v) is 7.79. The molecule has 150 valence electrons. The number of aryl methyl sites for hydroxylation is 1. The molecule has 0 spiro atoms. The van der Waals surface area contributed by atoms with Crippen molar-refractivity contribution in [1.29, 1.82) is 0 Å². The molecule has 1 aromatic heterocycles. The molecule has 0 radical (unpaired) electrons. The molecule has 2 fully saturated rings. The Morgan fingerprint density at radius 1 is 1.25 bits per heavy atom. The number of benzene rings is 1. The number of hydrogen-bond donors (Lipinski definition) is 1. The average Bonchev–Trinajstić information content (AvgIpc) is 3.14. The molecule has 2 aliphatic heterocycles. The molecular formula is C21H30N6O. The van der Waals surface area contributed by atoms with Crippen LogP contribution in [0.3, 0.4) is 0 Å². The summed E-state index contributed by atoms with van der Waals surface area (Å²) >= 11 is 0. The maximum Gasteiger partial charge on any atom is 0.223 e. The Morgan fingerprint density at radius 3 is 2.86 bits per heavy atom. The van der Waals surface area contributed by atoms with E-state index in [0.717, 1.165) is 25.6 Å². The Balaban J connectivity index is 1.35. The van der Waals surface area contributed by atoms with Crippen molar-refractivity contribution in [1.82, 2.24) is 25.3 Å². The Labute approximate surface area is 166 Å². The van der Waals surface area contributed by atoms with Crippen molar-refractivity contribution in [3.63, 3.8) is 0 Å². The summed E-state index contributed by atoms with van der Waals surface area (Å²) in [4.78, 5) is 13.8. The van der Waals surface area contributed by atoms with Gasteiger partial charge < -0.3 is 14.7 Å². The third-order valence-electron chi connectivity index (χ3n) is 5.90. The number of guanidine groups is 1. The molecule has 4 rings (SSSR count). The maximum absolute atomic E-state index is 5.05. The summed E-state index contributed by atoms with van der Waals surface area (Å²) in [6.45, 7) is 6.69. The number of nitrogens with zero attached hydrogens (tertiary/aromatic N) is 5. The van der Waals surface area contributed by atoms with Gasteiger partial charge in [0.15, 0.2) is 11.8 Å². The van der Waals surface area contributed by atoms with Gasteiger partial charge in [-0.1, -0.05) is 35.5 Å². The highest BCUT2D eigenvalue weighted by molar-refractivity contribution is 5.79. The Bertz CT molecular complexity index is 789. The van der Waals surface area contributed by atoms with Crippen molar-refractivity contribution in [2.24, 2.45) is 10.9 Å². The van der Waals surface area contributed by atoms with Crippen LogP contribution in [0.1, 0.15) is 36.5 Å². The molecule has 0 saturated carbocycles. The van der Waals surface area contributed by atoms with Crippen LogP contribution in [0.15, 0.2) is 39.8 Å². The smallest absolute Gasteiger partial charge is 0.223 e. The van der Waals surface area contributed by atoms with Crippen LogP contribution < -0.4 is 5.32 Å². The molecule has 2 atom stereocenters. The Kier molecular flexibility index (Phi) is 5.90. The lowest BCUT2D eigenvalue weighted by Gasteiger charge is -2.48. The molecule has 2 aromatic rings. The van der Waals surface area contributed by atoms with E-state index < -0.39 is 0 Å². The molecule has 0 aliphatic carbocycles. The molecule has 7 heteroatoms. The number of likely N-dealkylation sites (tertiary alicyclic amines) is 2. The fourth-order valence-corrected chi connectivity index (χ4v) is 4.62. The zero-order valence-corrected chi connectivity index (χ0v) is 16.8. The third kappa shape index (κ3) is 4.35. The van der Waals surface area contributed by atoms with E-state index in [1.165, 1.54) is 31.4 Å². The molecule has 2 unspecified atom stereocenters. The molecule has 0 amide bonds. The average molecular weight is 383 g/mol. The Morgan fingerprint density at radius 2 is 2.11 bits per heavy atom. The maximum atomic E-state index is 5.05. The van der Waals surface area contributed by atoms with Gasteiger partial charge in [-0.15, -0.1) is 0 Å². The van der Waals surface area contributed by atoms with Gasteiger partial charge in [-0.05, 0) is 37.3 Å². The summed E-state index contributed by atoms with van der Waals surface area (Å²) in [7, 11) is 1.85. The van der Waals surface area contributed by atoms with Gasteiger partial charge in [-0.25, -0.2) is 0 Å². The normalized spacial score (nSPS) is 23.5. The third-order valence-corrected chi connectivity index (χ3v) is 5.90. The lowest BCUT2D eigenvalue weighted by atomic mass is 9.83. The van der Waals surface area contributed by atoms with Crippen molar-refractivity contribution >= 4 is 5.96 Å². The second-order valence-electron chi connectivity index (χ2n) is 7.79. The molecule has 3 heterocycles. The van der Waals surface area contributed by atoms with Crippen molar-refractivity contribution in [2.45, 2.75) is 45.3 Å². The minimum absolute atomic E-state index is 0.536. The lowest BCUT2D eigenvalue weighted by Crippen LogP contribution is -2.56. The SMILES string of the molecule is CN=C(NCc1noc(C)n1)N1CCC2C(CCCN2Cc2ccccc2)C1. The van der Waals surface area contributed by atoms with E-state index in [4.69, 9.17) is 4.52 Å².